The summed E-state index contributed by atoms with van der Waals surface area (Å²) >= 11 is 0. The standard InChI is InChI=1S/C6H12O6S/c7-3-5-1-2-6(4-8)12-13(9,10)11-5/h5-8H,1-4H2/t5-,6-/m0/s1. The van der Waals surface area contributed by atoms with Crippen molar-refractivity contribution in [1.29, 1.82) is 0 Å². The molecule has 0 aromatic heterocycles. The van der Waals surface area contributed by atoms with Gasteiger partial charge in [0.05, 0.1) is 13.2 Å². The van der Waals surface area contributed by atoms with Crippen molar-refractivity contribution in [1.82, 2.24) is 0 Å². The van der Waals surface area contributed by atoms with E-state index in [9.17, 15) is 8.42 Å². The molecule has 13 heavy (non-hydrogen) atoms. The molecule has 0 amide bonds. The summed E-state index contributed by atoms with van der Waals surface area (Å²) in [5.74, 6) is 0. The first-order chi connectivity index (χ1) is 6.07. The van der Waals surface area contributed by atoms with E-state index in [0.29, 0.717) is 12.8 Å². The number of rotatable bonds is 2. The zero-order valence-electron chi connectivity index (χ0n) is 6.92. The first kappa shape index (κ1) is 10.9. The maximum atomic E-state index is 10.9. The molecule has 2 atom stereocenters. The van der Waals surface area contributed by atoms with E-state index in [0.717, 1.165) is 0 Å². The number of aliphatic hydroxyl groups is 2. The molecule has 0 aliphatic carbocycles. The van der Waals surface area contributed by atoms with E-state index >= 15 is 0 Å². The van der Waals surface area contributed by atoms with Crippen molar-refractivity contribution in [3.05, 3.63) is 0 Å². The Balaban J connectivity index is 2.69. The van der Waals surface area contributed by atoms with Crippen LogP contribution < -0.4 is 0 Å². The van der Waals surface area contributed by atoms with Gasteiger partial charge in [-0.15, -0.1) is 0 Å². The normalized spacial score (nSPS) is 34.0. The minimum absolute atomic E-state index is 0.348. The van der Waals surface area contributed by atoms with Crippen molar-refractivity contribution in [3.63, 3.8) is 0 Å². The molecule has 0 unspecified atom stereocenters. The topological polar surface area (TPSA) is 93.1 Å². The Kier molecular flexibility index (Phi) is 3.63. The summed E-state index contributed by atoms with van der Waals surface area (Å²) in [4.78, 5) is 0. The summed E-state index contributed by atoms with van der Waals surface area (Å²) in [6.45, 7) is -0.749. The van der Waals surface area contributed by atoms with Crippen LogP contribution in [0.3, 0.4) is 0 Å². The van der Waals surface area contributed by atoms with Crippen LogP contribution in [0.2, 0.25) is 0 Å². The Morgan fingerprint density at radius 2 is 1.46 bits per heavy atom. The van der Waals surface area contributed by atoms with E-state index in [4.69, 9.17) is 10.2 Å². The monoisotopic (exact) mass is 212 g/mol. The van der Waals surface area contributed by atoms with Crippen molar-refractivity contribution in [2.45, 2.75) is 25.0 Å². The summed E-state index contributed by atoms with van der Waals surface area (Å²) in [5.41, 5.74) is 0. The van der Waals surface area contributed by atoms with Gasteiger partial charge in [0.25, 0.3) is 0 Å². The van der Waals surface area contributed by atoms with Crippen molar-refractivity contribution < 1.29 is 27.0 Å². The average molecular weight is 212 g/mol. The minimum atomic E-state index is -4.06. The highest BCUT2D eigenvalue weighted by Crippen LogP contribution is 2.18. The van der Waals surface area contributed by atoms with Crippen molar-refractivity contribution in [3.8, 4) is 0 Å². The van der Waals surface area contributed by atoms with Gasteiger partial charge in [-0.25, -0.2) is 8.37 Å². The number of aliphatic hydroxyl groups excluding tert-OH is 2. The lowest BCUT2D eigenvalue weighted by molar-refractivity contribution is 0.0986. The molecule has 1 rings (SSSR count). The molecule has 78 valence electrons. The lowest BCUT2D eigenvalue weighted by Crippen LogP contribution is -2.21. The molecule has 1 fully saturated rings. The molecule has 0 aromatic carbocycles. The highest BCUT2D eigenvalue weighted by atomic mass is 32.3. The largest absolute Gasteiger partial charge is 0.400 e. The van der Waals surface area contributed by atoms with Gasteiger partial charge in [-0.2, -0.15) is 8.42 Å². The number of hydrogen-bond acceptors (Lipinski definition) is 6. The fraction of sp³-hybridized carbons (Fsp3) is 1.00. The van der Waals surface area contributed by atoms with E-state index in [1.54, 1.807) is 0 Å². The zero-order chi connectivity index (χ0) is 9.90. The molecule has 1 aliphatic heterocycles. The van der Waals surface area contributed by atoms with E-state index in [1.807, 2.05) is 0 Å². The third-order valence-electron chi connectivity index (χ3n) is 1.73. The molecule has 0 radical (unpaired) electrons. The summed E-state index contributed by atoms with van der Waals surface area (Å²) in [6, 6.07) is 0. The molecule has 1 heterocycles. The fourth-order valence-corrected chi connectivity index (χ4v) is 2.09. The zero-order valence-corrected chi connectivity index (χ0v) is 7.74. The highest BCUT2D eigenvalue weighted by molar-refractivity contribution is 7.81. The van der Waals surface area contributed by atoms with Gasteiger partial charge in [-0.05, 0) is 12.8 Å². The molecular formula is C6H12O6S. The molecule has 0 saturated carbocycles. The lowest BCUT2D eigenvalue weighted by Gasteiger charge is -2.08. The minimum Gasteiger partial charge on any atom is -0.394 e. The van der Waals surface area contributed by atoms with Crippen LogP contribution >= 0.6 is 0 Å². The SMILES string of the molecule is O=S1(=O)O[C@H](CO)CC[C@@H](CO)O1. The molecule has 6 nitrogen and oxygen atoms in total. The smallest absolute Gasteiger partial charge is 0.394 e. The molecule has 0 spiro atoms. The molecule has 7 heteroatoms. The van der Waals surface area contributed by atoms with Crippen LogP contribution in [0.5, 0.6) is 0 Å². The third kappa shape index (κ3) is 3.20. The third-order valence-corrected chi connectivity index (χ3v) is 2.74. The second-order valence-corrected chi connectivity index (χ2v) is 3.99. The Bertz CT molecular complexity index is 228. The van der Waals surface area contributed by atoms with Crippen LogP contribution in [-0.4, -0.2) is 44.1 Å². The molecule has 1 saturated heterocycles. The predicted octanol–water partition coefficient (Wildman–Crippen LogP) is -1.22. The molecule has 0 bridgehead atoms. The quantitative estimate of drug-likeness (QED) is 0.596. The molecule has 0 aromatic rings. The lowest BCUT2D eigenvalue weighted by atomic mass is 10.1. The van der Waals surface area contributed by atoms with E-state index in [1.165, 1.54) is 0 Å². The predicted molar refractivity (Wildman–Crippen MR) is 42.1 cm³/mol. The van der Waals surface area contributed by atoms with E-state index in [2.05, 4.69) is 8.37 Å². The Morgan fingerprint density at radius 1 is 1.08 bits per heavy atom. The second-order valence-electron chi connectivity index (χ2n) is 2.79. The van der Waals surface area contributed by atoms with Gasteiger partial charge in [-0.3, -0.25) is 0 Å². The summed E-state index contributed by atoms with van der Waals surface area (Å²) in [5, 5.41) is 17.4. The van der Waals surface area contributed by atoms with Gasteiger partial charge < -0.3 is 10.2 Å². The number of hydrogen-bond donors (Lipinski definition) is 2. The van der Waals surface area contributed by atoms with Crippen molar-refractivity contribution >= 4 is 10.4 Å². The second kappa shape index (κ2) is 4.34. The summed E-state index contributed by atoms with van der Waals surface area (Å²) in [7, 11) is -4.06. The molecule has 2 N–H and O–H groups in total. The van der Waals surface area contributed by atoms with Crippen molar-refractivity contribution in [2.75, 3.05) is 13.2 Å². The highest BCUT2D eigenvalue weighted by Gasteiger charge is 2.29. The van der Waals surface area contributed by atoms with Gasteiger partial charge >= 0.3 is 10.4 Å². The van der Waals surface area contributed by atoms with E-state index < -0.39 is 22.6 Å². The van der Waals surface area contributed by atoms with Gasteiger partial charge in [0.15, 0.2) is 0 Å². The molecule has 1 aliphatic rings. The van der Waals surface area contributed by atoms with Gasteiger partial charge in [0.2, 0.25) is 0 Å². The van der Waals surface area contributed by atoms with Gasteiger partial charge in [-0.1, -0.05) is 0 Å². The first-order valence-corrected chi connectivity index (χ1v) is 5.24. The van der Waals surface area contributed by atoms with Crippen LogP contribution in [-0.2, 0) is 18.8 Å². The van der Waals surface area contributed by atoms with Crippen LogP contribution in [0.1, 0.15) is 12.8 Å². The van der Waals surface area contributed by atoms with Crippen LogP contribution in [0.4, 0.5) is 0 Å². The summed E-state index contributed by atoms with van der Waals surface area (Å²) < 4.78 is 30.8. The van der Waals surface area contributed by atoms with Crippen LogP contribution in [0, 0.1) is 0 Å². The average Bonchev–Trinajstić information content (AvgIpc) is 2.23. The van der Waals surface area contributed by atoms with Gasteiger partial charge in [0, 0.05) is 0 Å². The maximum Gasteiger partial charge on any atom is 0.400 e. The summed E-state index contributed by atoms with van der Waals surface area (Å²) in [6.07, 6.45) is -0.829. The Hall–Kier alpha value is -0.210. The van der Waals surface area contributed by atoms with Crippen LogP contribution in [0.15, 0.2) is 0 Å². The van der Waals surface area contributed by atoms with Gasteiger partial charge in [0.1, 0.15) is 12.2 Å². The van der Waals surface area contributed by atoms with Crippen LogP contribution in [0.25, 0.3) is 0 Å². The fourth-order valence-electron chi connectivity index (χ4n) is 1.07. The Morgan fingerprint density at radius 3 is 1.77 bits per heavy atom. The first-order valence-electron chi connectivity index (χ1n) is 3.90. The maximum absolute atomic E-state index is 10.9. The van der Waals surface area contributed by atoms with E-state index in [-0.39, 0.29) is 13.2 Å². The Labute approximate surface area is 76.4 Å². The molecular weight excluding hydrogens is 200 g/mol. The van der Waals surface area contributed by atoms with Crippen molar-refractivity contribution in [2.24, 2.45) is 0 Å².